The Morgan fingerprint density at radius 1 is 1.43 bits per heavy atom. The minimum Gasteiger partial charge on any atom is -0.356 e. The van der Waals surface area contributed by atoms with Crippen molar-refractivity contribution in [2.75, 3.05) is 33.2 Å². The van der Waals surface area contributed by atoms with Crippen molar-refractivity contribution in [3.8, 4) is 0 Å². The zero-order valence-electron chi connectivity index (χ0n) is 14.6. The molecule has 0 spiro atoms. The van der Waals surface area contributed by atoms with Gasteiger partial charge in [-0.1, -0.05) is 6.08 Å². The number of aromatic nitrogens is 1. The molecule has 1 saturated heterocycles. The van der Waals surface area contributed by atoms with Crippen LogP contribution in [0.25, 0.3) is 0 Å². The number of hydrogen-bond acceptors (Lipinski definition) is 4. The smallest absolute Gasteiger partial charge is 0.191 e. The predicted molar refractivity (Wildman–Crippen MR) is 99.4 cm³/mol. The van der Waals surface area contributed by atoms with Crippen molar-refractivity contribution in [1.82, 2.24) is 20.5 Å². The molecule has 2 N–H and O–H groups in total. The van der Waals surface area contributed by atoms with Crippen LogP contribution in [-0.2, 0) is 6.42 Å². The summed E-state index contributed by atoms with van der Waals surface area (Å²) < 4.78 is 0. The van der Waals surface area contributed by atoms with Gasteiger partial charge in [-0.25, -0.2) is 4.98 Å². The number of likely N-dealkylation sites (tertiary alicyclic amines) is 1. The topological polar surface area (TPSA) is 52.5 Å². The summed E-state index contributed by atoms with van der Waals surface area (Å²) in [6, 6.07) is 0.509. The molecule has 2 heterocycles. The van der Waals surface area contributed by atoms with Crippen LogP contribution >= 0.6 is 11.3 Å². The fourth-order valence-corrected chi connectivity index (χ4v) is 3.87. The Bertz CT molecular complexity index is 529. The number of guanidine groups is 1. The summed E-state index contributed by atoms with van der Waals surface area (Å²) in [6.07, 6.45) is 5.29. The predicted octanol–water partition coefficient (Wildman–Crippen LogP) is 2.12. The van der Waals surface area contributed by atoms with Crippen molar-refractivity contribution in [3.63, 3.8) is 0 Å². The highest BCUT2D eigenvalue weighted by molar-refractivity contribution is 7.11. The van der Waals surface area contributed by atoms with E-state index in [9.17, 15) is 0 Å². The molecule has 0 aliphatic carbocycles. The average Bonchev–Trinajstić information content (AvgIpc) is 2.86. The van der Waals surface area contributed by atoms with Crippen LogP contribution in [0.2, 0.25) is 0 Å². The van der Waals surface area contributed by atoms with Gasteiger partial charge in [0.1, 0.15) is 0 Å². The molecular formula is C17H29N5S. The second-order valence-corrected chi connectivity index (χ2v) is 7.29. The lowest BCUT2D eigenvalue weighted by Gasteiger charge is -2.32. The SMILES string of the molecule is C=CCN1CCC(NC(=NC)NCCc2sc(C)nc2C)CC1. The zero-order chi connectivity index (χ0) is 16.7. The number of aryl methyl sites for hydroxylation is 2. The van der Waals surface area contributed by atoms with Gasteiger partial charge in [-0.15, -0.1) is 17.9 Å². The summed E-state index contributed by atoms with van der Waals surface area (Å²) in [4.78, 5) is 12.6. The highest BCUT2D eigenvalue weighted by Crippen LogP contribution is 2.17. The first-order valence-electron chi connectivity index (χ1n) is 8.35. The largest absolute Gasteiger partial charge is 0.356 e. The van der Waals surface area contributed by atoms with E-state index in [4.69, 9.17) is 0 Å². The third-order valence-corrected chi connectivity index (χ3v) is 5.32. The summed E-state index contributed by atoms with van der Waals surface area (Å²) in [6.45, 7) is 12.1. The molecule has 23 heavy (non-hydrogen) atoms. The Morgan fingerprint density at radius 3 is 2.74 bits per heavy atom. The monoisotopic (exact) mass is 335 g/mol. The Labute approximate surface area is 143 Å². The Balaban J connectivity index is 1.72. The molecule has 0 radical (unpaired) electrons. The van der Waals surface area contributed by atoms with Crippen LogP contribution in [0.4, 0.5) is 0 Å². The van der Waals surface area contributed by atoms with E-state index in [1.807, 2.05) is 13.1 Å². The van der Waals surface area contributed by atoms with Gasteiger partial charge in [0.2, 0.25) is 0 Å². The van der Waals surface area contributed by atoms with E-state index in [1.54, 1.807) is 11.3 Å². The van der Waals surface area contributed by atoms with Crippen molar-refractivity contribution < 1.29 is 0 Å². The molecule has 1 aromatic heterocycles. The van der Waals surface area contributed by atoms with Crippen LogP contribution in [0.1, 0.15) is 28.4 Å². The van der Waals surface area contributed by atoms with Gasteiger partial charge in [-0.2, -0.15) is 0 Å². The Kier molecular flexibility index (Phi) is 7.05. The van der Waals surface area contributed by atoms with E-state index in [0.29, 0.717) is 6.04 Å². The molecule has 1 aromatic rings. The van der Waals surface area contributed by atoms with Crippen molar-refractivity contribution >= 4 is 17.3 Å². The highest BCUT2D eigenvalue weighted by atomic mass is 32.1. The van der Waals surface area contributed by atoms with Crippen LogP contribution in [-0.4, -0.2) is 55.1 Å². The summed E-state index contributed by atoms with van der Waals surface area (Å²) in [5.74, 6) is 0.908. The first-order valence-corrected chi connectivity index (χ1v) is 9.17. The molecular weight excluding hydrogens is 306 g/mol. The van der Waals surface area contributed by atoms with E-state index >= 15 is 0 Å². The standard InChI is InChI=1S/C17H29N5S/c1-5-10-22-11-7-15(8-12-22)21-17(18-4)19-9-6-16-13(2)20-14(3)23-16/h5,15H,1,6-12H2,2-4H3,(H2,18,19,21). The normalized spacial score (nSPS) is 17.3. The lowest BCUT2D eigenvalue weighted by Crippen LogP contribution is -2.49. The van der Waals surface area contributed by atoms with E-state index in [0.717, 1.165) is 62.1 Å². The number of piperidine rings is 1. The maximum absolute atomic E-state index is 4.48. The summed E-state index contributed by atoms with van der Waals surface area (Å²) >= 11 is 1.79. The van der Waals surface area contributed by atoms with Gasteiger partial charge in [0, 0.05) is 50.6 Å². The molecule has 0 amide bonds. The molecule has 0 bridgehead atoms. The van der Waals surface area contributed by atoms with Crippen molar-refractivity contribution in [2.45, 2.75) is 39.2 Å². The minimum atomic E-state index is 0.509. The van der Waals surface area contributed by atoms with Gasteiger partial charge in [0.15, 0.2) is 5.96 Å². The van der Waals surface area contributed by atoms with Gasteiger partial charge >= 0.3 is 0 Å². The van der Waals surface area contributed by atoms with Crippen LogP contribution in [0.5, 0.6) is 0 Å². The first kappa shape index (κ1) is 17.9. The number of nitrogens with one attached hydrogen (secondary N) is 2. The number of nitrogens with zero attached hydrogens (tertiary/aromatic N) is 3. The molecule has 0 atom stereocenters. The maximum atomic E-state index is 4.48. The van der Waals surface area contributed by atoms with Crippen molar-refractivity contribution in [2.24, 2.45) is 4.99 Å². The minimum absolute atomic E-state index is 0.509. The third-order valence-electron chi connectivity index (χ3n) is 4.18. The summed E-state index contributed by atoms with van der Waals surface area (Å²) in [7, 11) is 1.84. The molecule has 5 nitrogen and oxygen atoms in total. The molecule has 128 valence electrons. The number of rotatable bonds is 6. The van der Waals surface area contributed by atoms with Crippen molar-refractivity contribution in [3.05, 3.63) is 28.2 Å². The second-order valence-electron chi connectivity index (χ2n) is 6.00. The fraction of sp³-hybridized carbons (Fsp3) is 0.647. The lowest BCUT2D eigenvalue weighted by molar-refractivity contribution is 0.225. The summed E-state index contributed by atoms with van der Waals surface area (Å²) in [5, 5.41) is 8.12. The molecule has 1 fully saturated rings. The number of aliphatic imine (C=N–C) groups is 1. The Morgan fingerprint density at radius 2 is 2.17 bits per heavy atom. The fourth-order valence-electron chi connectivity index (χ4n) is 2.93. The quantitative estimate of drug-likeness (QED) is 0.475. The maximum Gasteiger partial charge on any atom is 0.191 e. The first-order chi connectivity index (χ1) is 11.1. The number of hydrogen-bond donors (Lipinski definition) is 2. The molecule has 0 saturated carbocycles. The molecule has 1 aliphatic heterocycles. The van der Waals surface area contributed by atoms with Crippen LogP contribution in [0, 0.1) is 13.8 Å². The van der Waals surface area contributed by atoms with Gasteiger partial charge in [-0.05, 0) is 26.7 Å². The molecule has 2 rings (SSSR count). The van der Waals surface area contributed by atoms with Crippen molar-refractivity contribution in [1.29, 1.82) is 0 Å². The molecule has 0 aromatic carbocycles. The van der Waals surface area contributed by atoms with Crippen LogP contribution in [0.15, 0.2) is 17.6 Å². The lowest BCUT2D eigenvalue weighted by atomic mass is 10.1. The number of thiazole rings is 1. The molecule has 1 aliphatic rings. The van der Waals surface area contributed by atoms with Crippen LogP contribution < -0.4 is 10.6 Å². The Hall–Kier alpha value is -1.40. The van der Waals surface area contributed by atoms with E-state index in [2.05, 4.69) is 45.9 Å². The average molecular weight is 336 g/mol. The van der Waals surface area contributed by atoms with E-state index < -0.39 is 0 Å². The van der Waals surface area contributed by atoms with Gasteiger partial charge in [0.25, 0.3) is 0 Å². The van der Waals surface area contributed by atoms with E-state index in [1.165, 1.54) is 4.88 Å². The van der Waals surface area contributed by atoms with Crippen LogP contribution in [0.3, 0.4) is 0 Å². The van der Waals surface area contributed by atoms with Gasteiger partial charge in [0.05, 0.1) is 10.7 Å². The van der Waals surface area contributed by atoms with Gasteiger partial charge < -0.3 is 10.6 Å². The van der Waals surface area contributed by atoms with Gasteiger partial charge in [-0.3, -0.25) is 9.89 Å². The zero-order valence-corrected chi connectivity index (χ0v) is 15.4. The second kappa shape index (κ2) is 9.03. The molecule has 0 unspecified atom stereocenters. The summed E-state index contributed by atoms with van der Waals surface area (Å²) in [5.41, 5.74) is 1.16. The third kappa shape index (κ3) is 5.62. The van der Waals surface area contributed by atoms with E-state index in [-0.39, 0.29) is 0 Å². The molecule has 6 heteroatoms. The highest BCUT2D eigenvalue weighted by Gasteiger charge is 2.19.